The van der Waals surface area contributed by atoms with E-state index in [0.29, 0.717) is 0 Å². The van der Waals surface area contributed by atoms with E-state index in [0.717, 1.165) is 12.4 Å². The third-order valence-electron chi connectivity index (χ3n) is 1.08. The van der Waals surface area contributed by atoms with E-state index in [4.69, 9.17) is 0 Å². The molecule has 1 rings (SSSR count). The van der Waals surface area contributed by atoms with Crippen molar-refractivity contribution >= 4 is 7.11 Å². The van der Waals surface area contributed by atoms with Gasteiger partial charge in [-0.05, 0) is 12.1 Å². The van der Waals surface area contributed by atoms with Gasteiger partial charge in [-0.2, -0.15) is 0 Å². The number of nitrogens with zero attached hydrogens (tertiary/aromatic N) is 1. The molecule has 0 saturated heterocycles. The van der Waals surface area contributed by atoms with Crippen molar-refractivity contribution in [2.75, 3.05) is 0 Å². The van der Waals surface area contributed by atoms with Gasteiger partial charge < -0.3 is 17.4 Å². The molecule has 0 aromatic carbocycles. The summed E-state index contributed by atoms with van der Waals surface area (Å²) in [4.78, 5) is 0. The van der Waals surface area contributed by atoms with E-state index in [2.05, 4.69) is 0 Å². The van der Waals surface area contributed by atoms with Crippen LogP contribution in [0.25, 0.3) is 0 Å². The van der Waals surface area contributed by atoms with E-state index in [-0.39, 0.29) is 4.48 Å². The van der Waals surface area contributed by atoms with Crippen LogP contribution in [0.4, 0.5) is 12.9 Å². The van der Waals surface area contributed by atoms with E-state index < -0.39 is 7.11 Å². The van der Waals surface area contributed by atoms with Crippen LogP contribution in [-0.2, 0) is 0 Å². The average Bonchev–Trinajstić information content (AvgIpc) is 1.88. The third kappa shape index (κ3) is 1.49. The molecule has 0 amide bonds. The Bertz CT molecular complexity index is 208. The SMILES string of the molecule is F[B-](F)(F)[n+]1ccccc1. The maximum Gasteiger partial charge on any atom is 0.810 e. The highest BCUT2D eigenvalue weighted by Crippen LogP contribution is 2.01. The highest BCUT2D eigenvalue weighted by Gasteiger charge is 2.39. The summed E-state index contributed by atoms with van der Waals surface area (Å²) in [5.74, 6) is 0. The second-order valence-corrected chi connectivity index (χ2v) is 1.86. The predicted molar refractivity (Wildman–Crippen MR) is 31.1 cm³/mol. The van der Waals surface area contributed by atoms with Gasteiger partial charge in [0, 0.05) is 0 Å². The summed E-state index contributed by atoms with van der Waals surface area (Å²) in [5.41, 5.74) is 0. The Balaban J connectivity index is 2.97. The van der Waals surface area contributed by atoms with E-state index >= 15 is 0 Å². The fourth-order valence-corrected chi connectivity index (χ4v) is 0.607. The molecular formula is C5H5BF3N. The van der Waals surface area contributed by atoms with Crippen LogP contribution >= 0.6 is 0 Å². The van der Waals surface area contributed by atoms with Gasteiger partial charge in [-0.3, -0.25) is 0 Å². The first-order chi connectivity index (χ1) is 4.61. The minimum absolute atomic E-state index is 0.250. The molecule has 1 aromatic heterocycles. The molecule has 0 N–H and O–H groups in total. The Hall–Kier alpha value is -0.995. The topological polar surface area (TPSA) is 3.88 Å². The molecule has 1 heterocycles. The van der Waals surface area contributed by atoms with E-state index in [1.165, 1.54) is 12.1 Å². The third-order valence-corrected chi connectivity index (χ3v) is 1.08. The Morgan fingerprint density at radius 3 is 1.70 bits per heavy atom. The van der Waals surface area contributed by atoms with E-state index in [1.54, 1.807) is 6.07 Å². The zero-order valence-corrected chi connectivity index (χ0v) is 5.05. The molecule has 0 spiro atoms. The van der Waals surface area contributed by atoms with Crippen LogP contribution in [0, 0.1) is 0 Å². The number of hydrogen-bond donors (Lipinski definition) is 0. The highest BCUT2D eigenvalue weighted by molar-refractivity contribution is 6.48. The molecule has 0 fully saturated rings. The monoisotopic (exact) mass is 147 g/mol. The van der Waals surface area contributed by atoms with Crippen LogP contribution in [0.1, 0.15) is 0 Å². The summed E-state index contributed by atoms with van der Waals surface area (Å²) in [7, 11) is -4.89. The quantitative estimate of drug-likeness (QED) is 0.524. The molecule has 0 atom stereocenters. The maximum absolute atomic E-state index is 11.8. The van der Waals surface area contributed by atoms with Crippen molar-refractivity contribution in [3.05, 3.63) is 30.6 Å². The zero-order valence-electron chi connectivity index (χ0n) is 5.05. The van der Waals surface area contributed by atoms with Gasteiger partial charge in [-0.25, -0.2) is 0 Å². The van der Waals surface area contributed by atoms with Crippen molar-refractivity contribution < 1.29 is 17.4 Å². The maximum atomic E-state index is 11.8. The fraction of sp³-hybridized carbons (Fsp3) is 0. The average molecular weight is 147 g/mol. The van der Waals surface area contributed by atoms with Gasteiger partial charge in [0.15, 0.2) is 0 Å². The van der Waals surface area contributed by atoms with Gasteiger partial charge in [0.1, 0.15) is 12.4 Å². The normalized spacial score (nSPS) is 11.5. The summed E-state index contributed by atoms with van der Waals surface area (Å²) in [6.45, 7) is 0. The van der Waals surface area contributed by atoms with Crippen LogP contribution < -0.4 is 4.48 Å². The van der Waals surface area contributed by atoms with E-state index in [9.17, 15) is 12.9 Å². The minimum atomic E-state index is -4.89. The molecule has 0 bridgehead atoms. The lowest BCUT2D eigenvalue weighted by Crippen LogP contribution is -2.54. The van der Waals surface area contributed by atoms with Gasteiger partial charge in [0.25, 0.3) is 0 Å². The fourth-order valence-electron chi connectivity index (χ4n) is 0.607. The van der Waals surface area contributed by atoms with E-state index in [1.807, 2.05) is 0 Å². The van der Waals surface area contributed by atoms with Crippen LogP contribution in [0.2, 0.25) is 0 Å². The molecule has 0 saturated carbocycles. The standard InChI is InChI=1S/C5H5BF3N/c7-6(8,9)10-4-2-1-3-5-10/h1-5H. The Labute approximate surface area is 56.2 Å². The minimum Gasteiger partial charge on any atom is -0.379 e. The number of pyridine rings is 1. The summed E-state index contributed by atoms with van der Waals surface area (Å²) in [6.07, 6.45) is 1.97. The predicted octanol–water partition coefficient (Wildman–Crippen LogP) is 1.17. The van der Waals surface area contributed by atoms with Crippen molar-refractivity contribution in [2.24, 2.45) is 0 Å². The van der Waals surface area contributed by atoms with Gasteiger partial charge in [-0.1, -0.05) is 6.07 Å². The molecule has 0 radical (unpaired) electrons. The molecule has 54 valence electrons. The molecule has 1 aromatic rings. The summed E-state index contributed by atoms with van der Waals surface area (Å²) in [6, 6.07) is 4.23. The summed E-state index contributed by atoms with van der Waals surface area (Å²) >= 11 is 0. The Morgan fingerprint density at radius 1 is 0.900 bits per heavy atom. The number of rotatable bonds is 1. The van der Waals surface area contributed by atoms with Crippen LogP contribution in [-0.4, -0.2) is 7.11 Å². The molecule has 0 aliphatic rings. The second-order valence-electron chi connectivity index (χ2n) is 1.86. The van der Waals surface area contributed by atoms with Crippen molar-refractivity contribution in [1.29, 1.82) is 0 Å². The zero-order chi connectivity index (χ0) is 7.61. The van der Waals surface area contributed by atoms with Crippen molar-refractivity contribution in [3.8, 4) is 0 Å². The first-order valence-corrected chi connectivity index (χ1v) is 2.76. The molecule has 0 aliphatic carbocycles. The molecule has 0 unspecified atom stereocenters. The number of aromatic nitrogens is 1. The van der Waals surface area contributed by atoms with Crippen LogP contribution in [0.15, 0.2) is 30.6 Å². The van der Waals surface area contributed by atoms with Gasteiger partial charge in [-0.15, -0.1) is 0 Å². The van der Waals surface area contributed by atoms with Crippen LogP contribution in [0.3, 0.4) is 0 Å². The van der Waals surface area contributed by atoms with Crippen molar-refractivity contribution in [2.45, 2.75) is 0 Å². The van der Waals surface area contributed by atoms with Gasteiger partial charge in [0.05, 0.1) is 0 Å². The lowest BCUT2D eigenvalue weighted by Gasteiger charge is -2.05. The van der Waals surface area contributed by atoms with Gasteiger partial charge in [0.2, 0.25) is 0 Å². The lowest BCUT2D eigenvalue weighted by molar-refractivity contribution is -0.575. The highest BCUT2D eigenvalue weighted by atomic mass is 19.4. The lowest BCUT2D eigenvalue weighted by atomic mass is 10.1. The molecular weight excluding hydrogens is 142 g/mol. The Kier molecular flexibility index (Phi) is 1.65. The largest absolute Gasteiger partial charge is 0.810 e. The molecule has 1 nitrogen and oxygen atoms in total. The van der Waals surface area contributed by atoms with Crippen molar-refractivity contribution in [1.82, 2.24) is 0 Å². The second kappa shape index (κ2) is 2.32. The van der Waals surface area contributed by atoms with Crippen molar-refractivity contribution in [3.63, 3.8) is 0 Å². The van der Waals surface area contributed by atoms with Gasteiger partial charge >= 0.3 is 7.11 Å². The first kappa shape index (κ1) is 7.12. The number of halogens is 3. The molecule has 10 heavy (non-hydrogen) atoms. The Morgan fingerprint density at radius 2 is 1.40 bits per heavy atom. The molecule has 0 aliphatic heterocycles. The summed E-state index contributed by atoms with van der Waals surface area (Å²) in [5, 5.41) is 0. The molecule has 5 heteroatoms. The van der Waals surface area contributed by atoms with Crippen LogP contribution in [0.5, 0.6) is 0 Å². The summed E-state index contributed by atoms with van der Waals surface area (Å²) < 4.78 is 35.7. The first-order valence-electron chi connectivity index (χ1n) is 2.76. The smallest absolute Gasteiger partial charge is 0.379 e. The number of hydrogen-bond acceptors (Lipinski definition) is 0.